The number of hydrogen-bond donors (Lipinski definition) is 0. The molecule has 0 fully saturated rings. The smallest absolute Gasteiger partial charge is 0.139 e. The summed E-state index contributed by atoms with van der Waals surface area (Å²) < 4.78 is 12.3. The Morgan fingerprint density at radius 2 is 1.63 bits per heavy atom. The summed E-state index contributed by atoms with van der Waals surface area (Å²) >= 11 is 0.250. The third kappa shape index (κ3) is 6.87. The summed E-state index contributed by atoms with van der Waals surface area (Å²) in [7, 11) is 2.04. The first-order valence-electron chi connectivity index (χ1n) is 9.31. The predicted octanol–water partition coefficient (Wildman–Crippen LogP) is 7.53. The topological polar surface area (TPSA) is 17.8 Å². The fraction of sp³-hybridized carbons (Fsp3) is 0.348. The first-order chi connectivity index (χ1) is 13.0. The lowest BCUT2D eigenvalue weighted by molar-refractivity contribution is 0.858. The molecule has 146 valence electrons. The molecular weight excluding hydrogens is 355 g/mol. The van der Waals surface area contributed by atoms with Crippen molar-refractivity contribution in [3.05, 3.63) is 66.5 Å². The van der Waals surface area contributed by atoms with E-state index < -0.39 is 0 Å². The van der Waals surface area contributed by atoms with E-state index in [9.17, 15) is 3.89 Å². The maximum absolute atomic E-state index is 10.2. The number of halogens is 1. The van der Waals surface area contributed by atoms with Crippen LogP contribution in [0.2, 0.25) is 0 Å². The van der Waals surface area contributed by atoms with Gasteiger partial charge in [-0.3, -0.25) is 0 Å². The molecule has 3 aromatic rings. The van der Waals surface area contributed by atoms with E-state index in [4.69, 9.17) is 0 Å². The summed E-state index contributed by atoms with van der Waals surface area (Å²) in [5, 5.41) is 0. The number of rotatable bonds is 3. The van der Waals surface area contributed by atoms with Gasteiger partial charge in [-0.2, -0.15) is 3.89 Å². The van der Waals surface area contributed by atoms with Gasteiger partial charge in [-0.25, -0.2) is 4.98 Å². The number of benzene rings is 2. The van der Waals surface area contributed by atoms with Crippen molar-refractivity contribution in [1.29, 1.82) is 0 Å². The van der Waals surface area contributed by atoms with Gasteiger partial charge in [-0.15, -0.1) is 0 Å². The highest BCUT2D eigenvalue weighted by molar-refractivity contribution is 7.93. The highest BCUT2D eigenvalue weighted by atomic mass is 32.2. The SMILES string of the molecule is CC(C)c1ccc(-c2ccccc2)cc1-c1nccn1C.CCC.CSF. The number of hydrogen-bond acceptors (Lipinski definition) is 2. The molecule has 0 spiro atoms. The summed E-state index contributed by atoms with van der Waals surface area (Å²) in [4.78, 5) is 4.53. The summed E-state index contributed by atoms with van der Waals surface area (Å²) in [6.07, 6.45) is 6.48. The first kappa shape index (κ1) is 23.0. The first-order valence-corrected chi connectivity index (χ1v) is 10.4. The molecule has 0 aliphatic heterocycles. The van der Waals surface area contributed by atoms with Crippen molar-refractivity contribution >= 4 is 12.1 Å². The van der Waals surface area contributed by atoms with Crippen LogP contribution in [0, 0.1) is 0 Å². The molecule has 0 aliphatic rings. The molecule has 0 unspecified atom stereocenters. The number of aryl methyl sites for hydroxylation is 1. The molecule has 0 radical (unpaired) electrons. The van der Waals surface area contributed by atoms with Crippen LogP contribution in [0.25, 0.3) is 22.5 Å². The summed E-state index contributed by atoms with van der Waals surface area (Å²) in [5.74, 6) is 1.50. The summed E-state index contributed by atoms with van der Waals surface area (Å²) in [6.45, 7) is 8.70. The van der Waals surface area contributed by atoms with Gasteiger partial charge >= 0.3 is 0 Å². The van der Waals surface area contributed by atoms with Crippen LogP contribution in [-0.2, 0) is 7.05 Å². The van der Waals surface area contributed by atoms with Crippen LogP contribution in [0.4, 0.5) is 3.89 Å². The molecule has 0 saturated carbocycles. The Morgan fingerprint density at radius 1 is 1.04 bits per heavy atom. The second-order valence-electron chi connectivity index (χ2n) is 6.55. The molecule has 2 aromatic carbocycles. The minimum atomic E-state index is 0.250. The fourth-order valence-electron chi connectivity index (χ4n) is 2.69. The molecule has 4 heteroatoms. The quantitative estimate of drug-likeness (QED) is 0.463. The van der Waals surface area contributed by atoms with Crippen molar-refractivity contribution in [2.24, 2.45) is 7.05 Å². The average Bonchev–Trinajstić information content (AvgIpc) is 3.09. The van der Waals surface area contributed by atoms with Crippen LogP contribution >= 0.6 is 12.1 Å². The standard InChI is InChI=1S/C19H20N2.C3H8.CH3FS/c1-14(2)17-10-9-16(15-7-5-4-6-8-15)13-18(17)19-20-11-12-21(19)3;2*1-3-2/h4-14H,1-3H3;3H2,1-2H3;1H3. The number of nitrogens with zero attached hydrogens (tertiary/aromatic N) is 2. The van der Waals surface area contributed by atoms with Gasteiger partial charge in [0.15, 0.2) is 0 Å². The minimum Gasteiger partial charge on any atom is -0.334 e. The average molecular weight is 387 g/mol. The molecule has 1 aromatic heterocycles. The Bertz CT molecular complexity index is 780. The molecular formula is C23H31FN2S. The molecule has 2 nitrogen and oxygen atoms in total. The van der Waals surface area contributed by atoms with Gasteiger partial charge in [0.2, 0.25) is 0 Å². The zero-order valence-corrected chi connectivity index (χ0v) is 18.1. The molecule has 1 heterocycles. The third-order valence-corrected chi connectivity index (χ3v) is 3.84. The van der Waals surface area contributed by atoms with Gasteiger partial charge in [-0.1, -0.05) is 76.6 Å². The molecule has 0 saturated heterocycles. The lowest BCUT2D eigenvalue weighted by Crippen LogP contribution is -1.98. The van der Waals surface area contributed by atoms with E-state index in [2.05, 4.69) is 79.7 Å². The van der Waals surface area contributed by atoms with Crippen molar-refractivity contribution < 1.29 is 3.89 Å². The van der Waals surface area contributed by atoms with Gasteiger partial charge in [0.1, 0.15) is 5.82 Å². The highest BCUT2D eigenvalue weighted by Crippen LogP contribution is 2.32. The Hall–Kier alpha value is -2.07. The van der Waals surface area contributed by atoms with Crippen LogP contribution < -0.4 is 0 Å². The summed E-state index contributed by atoms with van der Waals surface area (Å²) in [5.41, 5.74) is 5.03. The van der Waals surface area contributed by atoms with E-state index in [0.29, 0.717) is 5.92 Å². The second kappa shape index (κ2) is 12.3. The van der Waals surface area contributed by atoms with Crippen LogP contribution in [0.5, 0.6) is 0 Å². The van der Waals surface area contributed by atoms with Gasteiger partial charge in [0.05, 0.1) is 0 Å². The van der Waals surface area contributed by atoms with Crippen molar-refractivity contribution in [2.75, 3.05) is 6.26 Å². The van der Waals surface area contributed by atoms with Crippen molar-refractivity contribution in [3.8, 4) is 22.5 Å². The van der Waals surface area contributed by atoms with Crippen LogP contribution in [0.15, 0.2) is 60.9 Å². The van der Waals surface area contributed by atoms with Crippen LogP contribution in [0.3, 0.4) is 0 Å². The molecule has 3 rings (SSSR count). The van der Waals surface area contributed by atoms with E-state index in [0.717, 1.165) is 5.82 Å². The molecule has 0 atom stereocenters. The van der Waals surface area contributed by atoms with Crippen LogP contribution in [-0.4, -0.2) is 15.8 Å². The highest BCUT2D eigenvalue weighted by Gasteiger charge is 2.13. The Kier molecular flexibility index (Phi) is 10.5. The maximum atomic E-state index is 10.2. The van der Waals surface area contributed by atoms with E-state index in [1.807, 2.05) is 25.5 Å². The van der Waals surface area contributed by atoms with Gasteiger partial charge < -0.3 is 4.57 Å². The fourth-order valence-corrected chi connectivity index (χ4v) is 2.69. The molecule has 0 N–H and O–H groups in total. The van der Waals surface area contributed by atoms with Crippen molar-refractivity contribution in [3.63, 3.8) is 0 Å². The van der Waals surface area contributed by atoms with E-state index in [1.54, 1.807) is 0 Å². The maximum Gasteiger partial charge on any atom is 0.139 e. The van der Waals surface area contributed by atoms with E-state index in [1.165, 1.54) is 34.9 Å². The zero-order valence-electron chi connectivity index (χ0n) is 17.2. The van der Waals surface area contributed by atoms with Crippen LogP contribution in [0.1, 0.15) is 45.6 Å². The van der Waals surface area contributed by atoms with Gasteiger partial charge in [-0.05, 0) is 28.7 Å². The summed E-state index contributed by atoms with van der Waals surface area (Å²) in [6, 6.07) is 17.2. The van der Waals surface area contributed by atoms with Crippen molar-refractivity contribution in [1.82, 2.24) is 9.55 Å². The number of imidazole rings is 1. The minimum absolute atomic E-state index is 0.250. The number of aromatic nitrogens is 2. The molecule has 0 aliphatic carbocycles. The molecule has 27 heavy (non-hydrogen) atoms. The predicted molar refractivity (Wildman–Crippen MR) is 119 cm³/mol. The molecule has 0 bridgehead atoms. The molecule has 0 amide bonds. The largest absolute Gasteiger partial charge is 0.334 e. The monoisotopic (exact) mass is 386 g/mol. The van der Waals surface area contributed by atoms with Crippen molar-refractivity contribution in [2.45, 2.75) is 40.0 Å². The Labute approximate surface area is 168 Å². The normalized spacial score (nSPS) is 9.93. The third-order valence-electron chi connectivity index (χ3n) is 3.84. The lowest BCUT2D eigenvalue weighted by atomic mass is 9.93. The van der Waals surface area contributed by atoms with Gasteiger partial charge in [0.25, 0.3) is 0 Å². The van der Waals surface area contributed by atoms with Gasteiger partial charge in [0, 0.05) is 43.4 Å². The Balaban J connectivity index is 0.000000540. The van der Waals surface area contributed by atoms with E-state index >= 15 is 0 Å². The van der Waals surface area contributed by atoms with E-state index in [-0.39, 0.29) is 12.1 Å². The Morgan fingerprint density at radius 3 is 2.11 bits per heavy atom. The lowest BCUT2D eigenvalue weighted by Gasteiger charge is -2.15. The second-order valence-corrected chi connectivity index (χ2v) is 6.85. The zero-order chi connectivity index (χ0) is 20.2.